The highest BCUT2D eigenvalue weighted by Crippen LogP contribution is 2.25. The van der Waals surface area contributed by atoms with Gasteiger partial charge in [-0.05, 0) is 51.0 Å². The number of benzene rings is 1. The summed E-state index contributed by atoms with van der Waals surface area (Å²) >= 11 is 3.45. The van der Waals surface area contributed by atoms with Crippen LogP contribution >= 0.6 is 15.9 Å². The number of aryl methyl sites for hydroxylation is 2. The van der Waals surface area contributed by atoms with Crippen LogP contribution < -0.4 is 5.32 Å². The van der Waals surface area contributed by atoms with E-state index in [-0.39, 0.29) is 6.03 Å². The van der Waals surface area contributed by atoms with Gasteiger partial charge < -0.3 is 10.2 Å². The maximum Gasteiger partial charge on any atom is 0.322 e. The van der Waals surface area contributed by atoms with Gasteiger partial charge >= 0.3 is 6.03 Å². The Morgan fingerprint density at radius 1 is 1.37 bits per heavy atom. The molecular weight excluding hydrogens is 304 g/mol. The fourth-order valence-electron chi connectivity index (χ4n) is 1.95. The minimum atomic E-state index is -0.0842. The predicted molar refractivity (Wildman–Crippen MR) is 84.7 cm³/mol. The molecule has 0 aromatic heterocycles. The standard InChI is InChI=1S/C15H21BrN2O/c1-6-18(9-10(2)3)15(19)17-14-11(4)7-13(16)8-12(14)5/h7-8H,2,6,9H2,1,3-5H3,(H,17,19). The highest BCUT2D eigenvalue weighted by Gasteiger charge is 2.14. The fourth-order valence-corrected chi connectivity index (χ4v) is 2.63. The zero-order valence-electron chi connectivity index (χ0n) is 12.0. The van der Waals surface area contributed by atoms with Crippen LogP contribution in [0.3, 0.4) is 0 Å². The monoisotopic (exact) mass is 324 g/mol. The molecule has 1 aromatic rings. The Morgan fingerprint density at radius 3 is 2.32 bits per heavy atom. The summed E-state index contributed by atoms with van der Waals surface area (Å²) in [6, 6.07) is 3.91. The van der Waals surface area contributed by atoms with Crippen molar-refractivity contribution in [1.82, 2.24) is 4.90 Å². The van der Waals surface area contributed by atoms with Crippen LogP contribution in [0.1, 0.15) is 25.0 Å². The second kappa shape index (κ2) is 6.75. The second-order valence-electron chi connectivity index (χ2n) is 4.82. The molecule has 19 heavy (non-hydrogen) atoms. The average molecular weight is 325 g/mol. The molecule has 3 nitrogen and oxygen atoms in total. The van der Waals surface area contributed by atoms with Crippen LogP contribution in [-0.4, -0.2) is 24.0 Å². The SMILES string of the molecule is C=C(C)CN(CC)C(=O)Nc1c(C)cc(Br)cc1C. The van der Waals surface area contributed by atoms with Crippen molar-refractivity contribution in [3.05, 3.63) is 39.9 Å². The first-order chi connectivity index (χ1) is 8.85. The van der Waals surface area contributed by atoms with E-state index in [4.69, 9.17) is 0 Å². The summed E-state index contributed by atoms with van der Waals surface area (Å²) in [7, 11) is 0. The molecule has 0 aliphatic heterocycles. The quantitative estimate of drug-likeness (QED) is 0.813. The lowest BCUT2D eigenvalue weighted by atomic mass is 10.1. The van der Waals surface area contributed by atoms with Gasteiger partial charge in [0.05, 0.1) is 0 Å². The van der Waals surface area contributed by atoms with Gasteiger partial charge in [0.2, 0.25) is 0 Å². The number of hydrogen-bond donors (Lipinski definition) is 1. The number of likely N-dealkylation sites (N-methyl/N-ethyl adjacent to an activating group) is 1. The lowest BCUT2D eigenvalue weighted by Gasteiger charge is -2.23. The minimum absolute atomic E-state index is 0.0842. The van der Waals surface area contributed by atoms with Crippen LogP contribution in [0, 0.1) is 13.8 Å². The number of urea groups is 1. The van der Waals surface area contributed by atoms with E-state index in [0.29, 0.717) is 13.1 Å². The number of anilines is 1. The molecule has 0 unspecified atom stereocenters. The van der Waals surface area contributed by atoms with Crippen LogP contribution in [0.4, 0.5) is 10.5 Å². The van der Waals surface area contributed by atoms with Gasteiger partial charge in [-0.15, -0.1) is 0 Å². The Morgan fingerprint density at radius 2 is 1.89 bits per heavy atom. The Kier molecular flexibility index (Phi) is 5.60. The van der Waals surface area contributed by atoms with Gasteiger partial charge in [0.1, 0.15) is 0 Å². The first kappa shape index (κ1) is 15.8. The van der Waals surface area contributed by atoms with Crippen molar-refractivity contribution in [3.63, 3.8) is 0 Å². The van der Waals surface area contributed by atoms with Crippen molar-refractivity contribution in [3.8, 4) is 0 Å². The molecule has 1 rings (SSSR count). The third-order valence-corrected chi connectivity index (χ3v) is 3.32. The zero-order chi connectivity index (χ0) is 14.6. The van der Waals surface area contributed by atoms with E-state index in [1.54, 1.807) is 4.90 Å². The number of nitrogens with zero attached hydrogens (tertiary/aromatic N) is 1. The average Bonchev–Trinajstić information content (AvgIpc) is 2.30. The maximum absolute atomic E-state index is 12.2. The van der Waals surface area contributed by atoms with E-state index in [1.165, 1.54) is 0 Å². The molecule has 1 aromatic carbocycles. The highest BCUT2D eigenvalue weighted by atomic mass is 79.9. The van der Waals surface area contributed by atoms with Gasteiger partial charge in [-0.3, -0.25) is 0 Å². The lowest BCUT2D eigenvalue weighted by Crippen LogP contribution is -2.36. The summed E-state index contributed by atoms with van der Waals surface area (Å²) in [6.45, 7) is 13.0. The van der Waals surface area contributed by atoms with E-state index >= 15 is 0 Å². The summed E-state index contributed by atoms with van der Waals surface area (Å²) in [4.78, 5) is 14.0. The number of carbonyl (C=O) groups excluding carboxylic acids is 1. The van der Waals surface area contributed by atoms with Crippen LogP contribution in [-0.2, 0) is 0 Å². The summed E-state index contributed by atoms with van der Waals surface area (Å²) in [5.41, 5.74) is 3.95. The van der Waals surface area contributed by atoms with Crippen molar-refractivity contribution in [2.24, 2.45) is 0 Å². The fraction of sp³-hybridized carbons (Fsp3) is 0.400. The Labute approximate surface area is 123 Å². The molecule has 2 amide bonds. The first-order valence-corrected chi connectivity index (χ1v) is 7.11. The van der Waals surface area contributed by atoms with E-state index in [0.717, 1.165) is 26.9 Å². The molecule has 4 heteroatoms. The maximum atomic E-state index is 12.2. The molecule has 0 saturated heterocycles. The second-order valence-corrected chi connectivity index (χ2v) is 5.73. The van der Waals surface area contributed by atoms with Gasteiger partial charge in [-0.1, -0.05) is 28.1 Å². The molecule has 0 aliphatic carbocycles. The Bertz CT molecular complexity index is 474. The van der Waals surface area contributed by atoms with Gasteiger partial charge in [0.25, 0.3) is 0 Å². The normalized spacial score (nSPS) is 10.2. The largest absolute Gasteiger partial charge is 0.322 e. The molecule has 0 bridgehead atoms. The number of nitrogens with one attached hydrogen (secondary N) is 1. The van der Waals surface area contributed by atoms with Gasteiger partial charge in [0.15, 0.2) is 0 Å². The summed E-state index contributed by atoms with van der Waals surface area (Å²) in [6.07, 6.45) is 0. The number of hydrogen-bond acceptors (Lipinski definition) is 1. The Balaban J connectivity index is 2.90. The molecule has 0 atom stereocenters. The van der Waals surface area contributed by atoms with Crippen LogP contribution in [0.25, 0.3) is 0 Å². The van der Waals surface area contributed by atoms with Crippen LogP contribution in [0.15, 0.2) is 28.8 Å². The smallest absolute Gasteiger partial charge is 0.321 e. The first-order valence-electron chi connectivity index (χ1n) is 6.32. The summed E-state index contributed by atoms with van der Waals surface area (Å²) in [5, 5.41) is 2.99. The molecule has 104 valence electrons. The molecule has 0 spiro atoms. The number of rotatable bonds is 4. The molecule has 0 heterocycles. The molecule has 0 aliphatic rings. The molecule has 0 radical (unpaired) electrons. The Hall–Kier alpha value is -1.29. The molecule has 1 N–H and O–H groups in total. The van der Waals surface area contributed by atoms with Gasteiger partial charge in [0, 0.05) is 23.2 Å². The zero-order valence-corrected chi connectivity index (χ0v) is 13.6. The number of halogens is 1. The summed E-state index contributed by atoms with van der Waals surface area (Å²) in [5.74, 6) is 0. The van der Waals surface area contributed by atoms with E-state index in [9.17, 15) is 4.79 Å². The van der Waals surface area contributed by atoms with Crippen molar-refractivity contribution in [1.29, 1.82) is 0 Å². The summed E-state index contributed by atoms with van der Waals surface area (Å²) < 4.78 is 1.02. The topological polar surface area (TPSA) is 32.3 Å². The third kappa shape index (κ3) is 4.39. The minimum Gasteiger partial charge on any atom is -0.321 e. The molecule has 0 fully saturated rings. The third-order valence-electron chi connectivity index (χ3n) is 2.86. The van der Waals surface area contributed by atoms with Crippen LogP contribution in [0.2, 0.25) is 0 Å². The van der Waals surface area contributed by atoms with Crippen LogP contribution in [0.5, 0.6) is 0 Å². The highest BCUT2D eigenvalue weighted by molar-refractivity contribution is 9.10. The number of carbonyl (C=O) groups is 1. The number of amides is 2. The lowest BCUT2D eigenvalue weighted by molar-refractivity contribution is 0.218. The molecule has 0 saturated carbocycles. The van der Waals surface area contributed by atoms with Crippen molar-refractivity contribution >= 4 is 27.6 Å². The van der Waals surface area contributed by atoms with Gasteiger partial charge in [-0.25, -0.2) is 4.79 Å². The van der Waals surface area contributed by atoms with Crippen molar-refractivity contribution in [2.45, 2.75) is 27.7 Å². The van der Waals surface area contributed by atoms with E-state index in [2.05, 4.69) is 27.8 Å². The van der Waals surface area contributed by atoms with E-state index in [1.807, 2.05) is 39.8 Å². The van der Waals surface area contributed by atoms with Crippen molar-refractivity contribution < 1.29 is 4.79 Å². The van der Waals surface area contributed by atoms with Crippen molar-refractivity contribution in [2.75, 3.05) is 18.4 Å². The predicted octanol–water partition coefficient (Wildman–Crippen LogP) is 4.50. The van der Waals surface area contributed by atoms with E-state index < -0.39 is 0 Å². The van der Waals surface area contributed by atoms with Gasteiger partial charge in [-0.2, -0.15) is 0 Å². The molecular formula is C15H21BrN2O.